The summed E-state index contributed by atoms with van der Waals surface area (Å²) in [5.41, 5.74) is 3.24. The molecule has 0 radical (unpaired) electrons. The topological polar surface area (TPSA) is 52.2 Å². The summed E-state index contributed by atoms with van der Waals surface area (Å²) in [5.74, 6) is 2.99. The SMILES string of the molecule is COc1ccccc1N[C@H]1c2c(cc3c(c2OC)OCO3)CCN1C. The van der Waals surface area contributed by atoms with E-state index in [1.54, 1.807) is 14.2 Å². The van der Waals surface area contributed by atoms with Crippen LogP contribution in [0.15, 0.2) is 30.3 Å². The number of ether oxygens (including phenoxy) is 4. The number of hydrogen-bond donors (Lipinski definition) is 1. The van der Waals surface area contributed by atoms with Crippen molar-refractivity contribution in [2.24, 2.45) is 0 Å². The van der Waals surface area contributed by atoms with E-state index in [2.05, 4.69) is 23.3 Å². The number of nitrogens with zero attached hydrogens (tertiary/aromatic N) is 1. The normalized spacial score (nSPS) is 18.6. The highest BCUT2D eigenvalue weighted by Crippen LogP contribution is 2.49. The highest BCUT2D eigenvalue weighted by atomic mass is 16.7. The molecule has 0 bridgehead atoms. The molecule has 2 aliphatic heterocycles. The largest absolute Gasteiger partial charge is 0.495 e. The number of hydrogen-bond acceptors (Lipinski definition) is 6. The van der Waals surface area contributed by atoms with Crippen molar-refractivity contribution < 1.29 is 18.9 Å². The molecule has 25 heavy (non-hydrogen) atoms. The predicted octanol–water partition coefficient (Wildman–Crippen LogP) is 3.03. The van der Waals surface area contributed by atoms with Gasteiger partial charge in [0.1, 0.15) is 11.9 Å². The Hall–Kier alpha value is -2.60. The Kier molecular flexibility index (Phi) is 4.05. The van der Waals surface area contributed by atoms with E-state index in [4.69, 9.17) is 18.9 Å². The van der Waals surface area contributed by atoms with E-state index < -0.39 is 0 Å². The van der Waals surface area contributed by atoms with E-state index in [0.29, 0.717) is 5.75 Å². The van der Waals surface area contributed by atoms with Crippen molar-refractivity contribution in [3.05, 3.63) is 41.5 Å². The van der Waals surface area contributed by atoms with E-state index in [-0.39, 0.29) is 13.0 Å². The second-order valence-electron chi connectivity index (χ2n) is 6.19. The monoisotopic (exact) mass is 342 g/mol. The molecule has 0 unspecified atom stereocenters. The molecule has 0 saturated carbocycles. The highest BCUT2D eigenvalue weighted by Gasteiger charge is 2.34. The van der Waals surface area contributed by atoms with Crippen molar-refractivity contribution in [3.8, 4) is 23.0 Å². The van der Waals surface area contributed by atoms with Crippen LogP contribution in [0.5, 0.6) is 23.0 Å². The maximum atomic E-state index is 5.73. The molecule has 0 aromatic heterocycles. The third-order valence-corrected chi connectivity index (χ3v) is 4.79. The van der Waals surface area contributed by atoms with E-state index in [0.717, 1.165) is 41.5 Å². The molecular weight excluding hydrogens is 320 g/mol. The van der Waals surface area contributed by atoms with Gasteiger partial charge in [0, 0.05) is 12.1 Å². The summed E-state index contributed by atoms with van der Waals surface area (Å²) in [5, 5.41) is 3.60. The Morgan fingerprint density at radius 3 is 2.80 bits per heavy atom. The summed E-state index contributed by atoms with van der Waals surface area (Å²) in [6.07, 6.45) is 0.882. The van der Waals surface area contributed by atoms with Gasteiger partial charge in [-0.1, -0.05) is 12.1 Å². The highest BCUT2D eigenvalue weighted by molar-refractivity contribution is 5.64. The molecule has 1 atom stereocenters. The summed E-state index contributed by atoms with van der Waals surface area (Å²) in [6, 6.07) is 9.99. The first-order valence-electron chi connectivity index (χ1n) is 8.32. The lowest BCUT2D eigenvalue weighted by atomic mass is 9.94. The molecule has 0 fully saturated rings. The van der Waals surface area contributed by atoms with Crippen LogP contribution in [-0.4, -0.2) is 39.5 Å². The number of para-hydroxylation sites is 2. The van der Waals surface area contributed by atoms with Gasteiger partial charge in [0.25, 0.3) is 0 Å². The number of benzene rings is 2. The fourth-order valence-electron chi connectivity index (χ4n) is 3.53. The van der Waals surface area contributed by atoms with Gasteiger partial charge in [-0.25, -0.2) is 0 Å². The lowest BCUT2D eigenvalue weighted by Gasteiger charge is -2.37. The van der Waals surface area contributed by atoms with Crippen LogP contribution in [0.3, 0.4) is 0 Å². The van der Waals surface area contributed by atoms with Crippen LogP contribution in [0.1, 0.15) is 17.3 Å². The fraction of sp³-hybridized carbons (Fsp3) is 0.368. The first kappa shape index (κ1) is 15.9. The molecule has 2 heterocycles. The molecule has 0 amide bonds. The molecule has 0 saturated heterocycles. The van der Waals surface area contributed by atoms with E-state index in [9.17, 15) is 0 Å². The Balaban J connectivity index is 1.80. The first-order valence-corrected chi connectivity index (χ1v) is 8.32. The molecule has 0 spiro atoms. The van der Waals surface area contributed by atoms with Crippen molar-refractivity contribution in [3.63, 3.8) is 0 Å². The second-order valence-corrected chi connectivity index (χ2v) is 6.19. The number of fused-ring (bicyclic) bond motifs is 2. The molecule has 1 N–H and O–H groups in total. The maximum Gasteiger partial charge on any atom is 0.231 e. The molecule has 2 aromatic carbocycles. The summed E-state index contributed by atoms with van der Waals surface area (Å²) in [6.45, 7) is 1.16. The smallest absolute Gasteiger partial charge is 0.231 e. The number of likely N-dealkylation sites (N-methyl/N-ethyl adjacent to an activating group) is 1. The minimum atomic E-state index is -0.0514. The fourth-order valence-corrected chi connectivity index (χ4v) is 3.53. The number of nitrogens with one attached hydrogen (secondary N) is 1. The van der Waals surface area contributed by atoms with Crippen LogP contribution in [0.4, 0.5) is 5.69 Å². The van der Waals surface area contributed by atoms with Crippen LogP contribution in [0, 0.1) is 0 Å². The van der Waals surface area contributed by atoms with E-state index >= 15 is 0 Å². The van der Waals surface area contributed by atoms with Crippen LogP contribution >= 0.6 is 0 Å². The van der Waals surface area contributed by atoms with Gasteiger partial charge in [0.2, 0.25) is 12.5 Å². The minimum absolute atomic E-state index is 0.0514. The molecule has 0 aliphatic carbocycles. The van der Waals surface area contributed by atoms with Crippen molar-refractivity contribution >= 4 is 5.69 Å². The minimum Gasteiger partial charge on any atom is -0.495 e. The van der Waals surface area contributed by atoms with Gasteiger partial charge in [-0.2, -0.15) is 0 Å². The van der Waals surface area contributed by atoms with Crippen molar-refractivity contribution in [1.29, 1.82) is 0 Å². The van der Waals surface area contributed by atoms with E-state index in [1.165, 1.54) is 5.56 Å². The van der Waals surface area contributed by atoms with Crippen LogP contribution in [0.25, 0.3) is 0 Å². The Labute approximate surface area is 147 Å². The van der Waals surface area contributed by atoms with Gasteiger partial charge in [-0.05, 0) is 37.2 Å². The zero-order chi connectivity index (χ0) is 17.4. The van der Waals surface area contributed by atoms with Gasteiger partial charge in [0.05, 0.1) is 19.9 Å². The summed E-state index contributed by atoms with van der Waals surface area (Å²) < 4.78 is 22.4. The van der Waals surface area contributed by atoms with Crippen LogP contribution < -0.4 is 24.3 Å². The zero-order valence-electron chi connectivity index (χ0n) is 14.7. The van der Waals surface area contributed by atoms with Crippen LogP contribution in [-0.2, 0) is 6.42 Å². The Morgan fingerprint density at radius 2 is 2.00 bits per heavy atom. The van der Waals surface area contributed by atoms with Gasteiger partial charge in [0.15, 0.2) is 11.5 Å². The number of methoxy groups -OCH3 is 2. The Morgan fingerprint density at radius 1 is 1.16 bits per heavy atom. The molecule has 6 heteroatoms. The summed E-state index contributed by atoms with van der Waals surface area (Å²) in [4.78, 5) is 2.26. The second kappa shape index (κ2) is 6.37. The first-order chi connectivity index (χ1) is 12.2. The van der Waals surface area contributed by atoms with E-state index in [1.807, 2.05) is 24.3 Å². The zero-order valence-corrected chi connectivity index (χ0v) is 14.7. The lowest BCUT2D eigenvalue weighted by molar-refractivity contribution is 0.170. The molecule has 2 aliphatic rings. The molecule has 6 nitrogen and oxygen atoms in total. The van der Waals surface area contributed by atoms with Crippen molar-refractivity contribution in [2.75, 3.05) is 39.9 Å². The molecule has 132 valence electrons. The molecule has 2 aromatic rings. The van der Waals surface area contributed by atoms with Crippen molar-refractivity contribution in [2.45, 2.75) is 12.6 Å². The quantitative estimate of drug-likeness (QED) is 0.922. The third-order valence-electron chi connectivity index (χ3n) is 4.79. The standard InChI is InChI=1S/C19H22N2O4/c1-21-9-8-12-10-15-17(25-11-24-15)18(23-3)16(12)19(21)20-13-6-4-5-7-14(13)22-2/h4-7,10,19-20H,8-9,11H2,1-3H3/t19-/m1/s1. The average molecular weight is 342 g/mol. The van der Waals surface area contributed by atoms with Gasteiger partial charge in [-0.3, -0.25) is 4.90 Å². The molecule has 4 rings (SSSR count). The third kappa shape index (κ3) is 2.62. The number of anilines is 1. The average Bonchev–Trinajstić information content (AvgIpc) is 3.11. The van der Waals surface area contributed by atoms with Gasteiger partial charge in [-0.15, -0.1) is 0 Å². The van der Waals surface area contributed by atoms with Gasteiger partial charge < -0.3 is 24.3 Å². The van der Waals surface area contributed by atoms with Crippen LogP contribution in [0.2, 0.25) is 0 Å². The summed E-state index contributed by atoms with van der Waals surface area (Å²) in [7, 11) is 5.45. The maximum absolute atomic E-state index is 5.73. The summed E-state index contributed by atoms with van der Waals surface area (Å²) >= 11 is 0. The molecular formula is C19H22N2O4. The van der Waals surface area contributed by atoms with Gasteiger partial charge >= 0.3 is 0 Å². The predicted molar refractivity (Wildman–Crippen MR) is 94.8 cm³/mol. The number of rotatable bonds is 4. The van der Waals surface area contributed by atoms with Crippen molar-refractivity contribution in [1.82, 2.24) is 4.90 Å². The lowest BCUT2D eigenvalue weighted by Crippen LogP contribution is -2.37. The Bertz CT molecular complexity index is 793.